The van der Waals surface area contributed by atoms with Crippen molar-refractivity contribution < 1.29 is 19.1 Å². The van der Waals surface area contributed by atoms with Gasteiger partial charge in [0, 0.05) is 0 Å². The summed E-state index contributed by atoms with van der Waals surface area (Å²) < 4.78 is 4.72. The van der Waals surface area contributed by atoms with Gasteiger partial charge in [-0.1, -0.05) is 31.4 Å². The predicted molar refractivity (Wildman–Crippen MR) is 91.8 cm³/mol. The molecule has 1 aliphatic carbocycles. The Hall–Kier alpha value is -2.37. The van der Waals surface area contributed by atoms with Crippen LogP contribution in [0.1, 0.15) is 54.9 Å². The number of esters is 1. The Balaban J connectivity index is 1.78. The number of nitrogens with zero attached hydrogens (tertiary/aromatic N) is 1. The summed E-state index contributed by atoms with van der Waals surface area (Å²) in [7, 11) is 1.32. The van der Waals surface area contributed by atoms with Crippen molar-refractivity contribution in [3.63, 3.8) is 0 Å². The van der Waals surface area contributed by atoms with E-state index in [2.05, 4.69) is 5.32 Å². The summed E-state index contributed by atoms with van der Waals surface area (Å²) in [5.74, 6) is -0.428. The molecule has 2 aliphatic rings. The van der Waals surface area contributed by atoms with Crippen LogP contribution in [0.15, 0.2) is 24.3 Å². The minimum Gasteiger partial charge on any atom is -0.465 e. The highest BCUT2D eigenvalue weighted by Gasteiger charge is 2.52. The van der Waals surface area contributed by atoms with E-state index in [1.165, 1.54) is 18.4 Å². The molecule has 1 aromatic carbocycles. The Morgan fingerprint density at radius 2 is 2.00 bits per heavy atom. The molecule has 1 atom stereocenters. The molecule has 6 heteroatoms. The van der Waals surface area contributed by atoms with Gasteiger partial charge in [0.05, 0.1) is 19.2 Å². The van der Waals surface area contributed by atoms with Gasteiger partial charge in [-0.2, -0.15) is 0 Å². The molecule has 3 amide bonds. The molecule has 1 aliphatic heterocycles. The second kappa shape index (κ2) is 6.86. The van der Waals surface area contributed by atoms with Crippen LogP contribution in [0.5, 0.6) is 0 Å². The summed E-state index contributed by atoms with van der Waals surface area (Å²) in [6.07, 6.45) is 5.33. The zero-order valence-corrected chi connectivity index (χ0v) is 14.7. The van der Waals surface area contributed by atoms with E-state index in [1.54, 1.807) is 24.3 Å². The fourth-order valence-electron chi connectivity index (χ4n) is 3.91. The van der Waals surface area contributed by atoms with Crippen molar-refractivity contribution in [3.8, 4) is 0 Å². The Labute approximate surface area is 147 Å². The lowest BCUT2D eigenvalue weighted by Crippen LogP contribution is -2.51. The average Bonchev–Trinajstić information content (AvgIpc) is 2.86. The molecule has 1 saturated carbocycles. The quantitative estimate of drug-likeness (QED) is 0.673. The van der Waals surface area contributed by atoms with Crippen LogP contribution in [0, 0.1) is 5.92 Å². The topological polar surface area (TPSA) is 75.7 Å². The molecular formula is C19H24N2O4. The maximum atomic E-state index is 13.0. The summed E-state index contributed by atoms with van der Waals surface area (Å²) >= 11 is 0. The number of hydrogen-bond donors (Lipinski definition) is 1. The van der Waals surface area contributed by atoms with Gasteiger partial charge in [-0.3, -0.25) is 9.69 Å². The fraction of sp³-hybridized carbons (Fsp3) is 0.526. The van der Waals surface area contributed by atoms with Gasteiger partial charge in [0.15, 0.2) is 0 Å². The van der Waals surface area contributed by atoms with Gasteiger partial charge in [-0.25, -0.2) is 9.59 Å². The normalized spacial score (nSPS) is 24.3. The lowest BCUT2D eigenvalue weighted by atomic mass is 9.75. The van der Waals surface area contributed by atoms with E-state index in [0.717, 1.165) is 31.2 Å². The Morgan fingerprint density at radius 3 is 2.68 bits per heavy atom. The molecule has 2 fully saturated rings. The number of carbonyl (C=O) groups is 3. The molecule has 25 heavy (non-hydrogen) atoms. The van der Waals surface area contributed by atoms with Crippen molar-refractivity contribution in [1.29, 1.82) is 0 Å². The van der Waals surface area contributed by atoms with Crippen molar-refractivity contribution in [3.05, 3.63) is 35.4 Å². The van der Waals surface area contributed by atoms with Crippen molar-refractivity contribution >= 4 is 17.9 Å². The molecule has 1 saturated heterocycles. The van der Waals surface area contributed by atoms with E-state index in [9.17, 15) is 14.4 Å². The third-order valence-corrected chi connectivity index (χ3v) is 5.41. The number of methoxy groups -OCH3 is 1. The first-order valence-corrected chi connectivity index (χ1v) is 8.77. The third-order valence-electron chi connectivity index (χ3n) is 5.41. The van der Waals surface area contributed by atoms with Gasteiger partial charge in [-0.15, -0.1) is 0 Å². The summed E-state index contributed by atoms with van der Waals surface area (Å²) in [5, 5.41) is 2.91. The zero-order chi connectivity index (χ0) is 18.0. The Morgan fingerprint density at radius 1 is 1.28 bits per heavy atom. The second-order valence-corrected chi connectivity index (χ2v) is 7.05. The first-order chi connectivity index (χ1) is 12.0. The van der Waals surface area contributed by atoms with Gasteiger partial charge < -0.3 is 10.1 Å². The number of ether oxygens (including phenoxy) is 1. The number of urea groups is 1. The summed E-state index contributed by atoms with van der Waals surface area (Å²) in [6.45, 7) is 1.99. The smallest absolute Gasteiger partial charge is 0.337 e. The zero-order valence-electron chi connectivity index (χ0n) is 14.7. The third kappa shape index (κ3) is 3.25. The van der Waals surface area contributed by atoms with E-state index in [0.29, 0.717) is 5.56 Å². The molecule has 0 radical (unpaired) electrons. The molecule has 0 unspecified atom stereocenters. The van der Waals surface area contributed by atoms with Gasteiger partial charge in [-0.05, 0) is 43.4 Å². The van der Waals surface area contributed by atoms with E-state index in [4.69, 9.17) is 4.74 Å². The maximum absolute atomic E-state index is 13.0. The summed E-state index contributed by atoms with van der Waals surface area (Å²) in [4.78, 5) is 38.3. The van der Waals surface area contributed by atoms with E-state index >= 15 is 0 Å². The minimum atomic E-state index is -0.822. The largest absolute Gasteiger partial charge is 0.465 e. The van der Waals surface area contributed by atoms with Gasteiger partial charge in [0.2, 0.25) is 0 Å². The molecule has 3 rings (SSSR count). The molecular weight excluding hydrogens is 320 g/mol. The highest BCUT2D eigenvalue weighted by atomic mass is 16.5. The maximum Gasteiger partial charge on any atom is 0.337 e. The second-order valence-electron chi connectivity index (χ2n) is 7.05. The van der Waals surface area contributed by atoms with Crippen LogP contribution < -0.4 is 5.32 Å². The number of carbonyl (C=O) groups excluding carboxylic acids is 3. The minimum absolute atomic E-state index is 0.151. The van der Waals surface area contributed by atoms with E-state index in [-0.39, 0.29) is 24.4 Å². The van der Waals surface area contributed by atoms with E-state index in [1.807, 2.05) is 6.92 Å². The van der Waals surface area contributed by atoms with Crippen molar-refractivity contribution in [2.24, 2.45) is 5.92 Å². The Kier molecular flexibility index (Phi) is 4.79. The number of nitrogens with one attached hydrogen (secondary N) is 1. The highest BCUT2D eigenvalue weighted by molar-refractivity contribution is 6.07. The van der Waals surface area contributed by atoms with Crippen LogP contribution >= 0.6 is 0 Å². The first-order valence-electron chi connectivity index (χ1n) is 8.77. The van der Waals surface area contributed by atoms with Gasteiger partial charge >= 0.3 is 12.0 Å². The number of rotatable bonds is 4. The number of imide groups is 1. The summed E-state index contributed by atoms with van der Waals surface area (Å²) in [6, 6.07) is 6.46. The molecule has 1 heterocycles. The molecule has 0 aromatic heterocycles. The SMILES string of the molecule is COC(=O)c1cccc(CN2C(=O)N[C@](C)(C3CCCCC3)C2=O)c1. The number of benzene rings is 1. The van der Waals surface area contributed by atoms with E-state index < -0.39 is 11.5 Å². The van der Waals surface area contributed by atoms with Crippen molar-refractivity contribution in [1.82, 2.24) is 10.2 Å². The predicted octanol–water partition coefficient (Wildman–Crippen LogP) is 2.86. The first kappa shape index (κ1) is 17.5. The van der Waals surface area contributed by atoms with Gasteiger partial charge in [0.25, 0.3) is 5.91 Å². The van der Waals surface area contributed by atoms with Crippen LogP contribution in [0.3, 0.4) is 0 Å². The molecule has 0 spiro atoms. The number of hydrogen-bond acceptors (Lipinski definition) is 4. The molecule has 6 nitrogen and oxygen atoms in total. The van der Waals surface area contributed by atoms with Crippen LogP contribution in [0.25, 0.3) is 0 Å². The fourth-order valence-corrected chi connectivity index (χ4v) is 3.91. The lowest BCUT2D eigenvalue weighted by molar-refractivity contribution is -0.133. The van der Waals surface area contributed by atoms with Crippen LogP contribution in [0.2, 0.25) is 0 Å². The van der Waals surface area contributed by atoms with Crippen molar-refractivity contribution in [2.45, 2.75) is 51.1 Å². The van der Waals surface area contributed by atoms with Gasteiger partial charge in [0.1, 0.15) is 5.54 Å². The van der Waals surface area contributed by atoms with Crippen molar-refractivity contribution in [2.75, 3.05) is 7.11 Å². The number of amides is 3. The van der Waals surface area contributed by atoms with Crippen LogP contribution in [-0.2, 0) is 16.1 Å². The molecule has 134 valence electrons. The standard InChI is InChI=1S/C19H24N2O4/c1-19(15-9-4-3-5-10-15)17(23)21(18(24)20-19)12-13-7-6-8-14(11-13)16(22)25-2/h6-8,11,15H,3-5,9-10,12H2,1-2H3,(H,20,24)/t19-/m1/s1. The summed E-state index contributed by atoms with van der Waals surface area (Å²) in [5.41, 5.74) is 0.304. The molecule has 1 aromatic rings. The monoisotopic (exact) mass is 344 g/mol. The van der Waals surface area contributed by atoms with Crippen LogP contribution in [0.4, 0.5) is 4.79 Å². The lowest BCUT2D eigenvalue weighted by Gasteiger charge is -2.34. The molecule has 1 N–H and O–H groups in total. The molecule has 0 bridgehead atoms. The highest BCUT2D eigenvalue weighted by Crippen LogP contribution is 2.36. The Bertz CT molecular complexity index is 696. The van der Waals surface area contributed by atoms with Crippen LogP contribution in [-0.4, -0.2) is 35.5 Å². The average molecular weight is 344 g/mol.